The molecule has 0 aromatic carbocycles. The fraction of sp³-hybridized carbons (Fsp3) is 1.00. The Morgan fingerprint density at radius 3 is 0.691 bits per heavy atom. The minimum absolute atomic E-state index is 1.48. The molecule has 42 heteroatoms. The second-order valence-electron chi connectivity index (χ2n) is 13.2. The van der Waals surface area contributed by atoms with E-state index in [0.29, 0.717) is 0 Å². The zero-order valence-electron chi connectivity index (χ0n) is 31.2. The second kappa shape index (κ2) is 19.4. The first kappa shape index (κ1) is 64.2. The molecule has 0 aliphatic rings. The number of hydrogen-bond donors (Lipinski definition) is 0. The zero-order valence-corrected chi connectivity index (χ0v) is 31.2. The van der Waals surface area contributed by atoms with Crippen molar-refractivity contribution in [3.8, 4) is 0 Å². The summed E-state index contributed by atoms with van der Waals surface area (Å²) in [5, 5.41) is 5.51. The maximum atomic E-state index is 14.1. The van der Waals surface area contributed by atoms with Crippen molar-refractivity contribution in [1.29, 1.82) is 0 Å². The molecule has 2 atom stereocenters. The van der Waals surface area contributed by atoms with Crippen molar-refractivity contribution in [3.63, 3.8) is 0 Å². The highest BCUT2D eigenvalue weighted by Crippen LogP contribution is 2.66. The summed E-state index contributed by atoms with van der Waals surface area (Å²) in [6.45, 7) is -6.28. The monoisotopic (exact) mass is 1090 g/mol. The molecule has 0 spiro atoms. The highest BCUT2D eigenvalue weighted by Gasteiger charge is 2.96. The molecular formula is C26H18F34N6O2. The van der Waals surface area contributed by atoms with Crippen LogP contribution in [0.25, 0.3) is 20.9 Å². The van der Waals surface area contributed by atoms with Crippen LogP contribution in [0.15, 0.2) is 10.2 Å². The normalized spacial score (nSPS) is 16.6. The Morgan fingerprint density at radius 1 is 0.309 bits per heavy atom. The number of halogens is 34. The average Bonchev–Trinajstić information content (AvgIpc) is 3.14. The Balaban J connectivity index is 5.99. The van der Waals surface area contributed by atoms with Gasteiger partial charge in [0.05, 0.1) is 25.3 Å². The zero-order chi connectivity index (χ0) is 55.1. The van der Waals surface area contributed by atoms with Crippen LogP contribution in [0.5, 0.6) is 0 Å². The smallest absolute Gasteiger partial charge is 0.381 e. The number of hydrogen-bond acceptors (Lipinski definition) is 4. The quantitative estimate of drug-likeness (QED) is 0.0268. The van der Waals surface area contributed by atoms with E-state index in [-0.39, 0.29) is 0 Å². The van der Waals surface area contributed by atoms with Crippen LogP contribution in [0.1, 0.15) is 25.7 Å². The van der Waals surface area contributed by atoms with E-state index < -0.39 is 159 Å². The molecule has 0 aliphatic carbocycles. The van der Waals surface area contributed by atoms with E-state index in [9.17, 15) is 149 Å². The van der Waals surface area contributed by atoms with Crippen molar-refractivity contribution in [1.82, 2.24) is 0 Å². The highest BCUT2D eigenvalue weighted by molar-refractivity contribution is 5.16. The number of rotatable bonds is 27. The van der Waals surface area contributed by atoms with Gasteiger partial charge in [-0.2, -0.15) is 149 Å². The lowest BCUT2D eigenvalue weighted by molar-refractivity contribution is -0.461. The fourth-order valence-corrected chi connectivity index (χ4v) is 4.48. The van der Waals surface area contributed by atoms with Crippen LogP contribution in [0, 0.1) is 0 Å². The molecular weight excluding hydrogens is 1070 g/mol. The van der Waals surface area contributed by atoms with E-state index in [1.807, 2.05) is 9.82 Å². The van der Waals surface area contributed by atoms with Gasteiger partial charge in [0, 0.05) is 35.9 Å². The van der Waals surface area contributed by atoms with Crippen LogP contribution in [0.4, 0.5) is 149 Å². The summed E-state index contributed by atoms with van der Waals surface area (Å²) >= 11 is 0. The first-order chi connectivity index (χ1) is 29.6. The molecule has 0 saturated heterocycles. The van der Waals surface area contributed by atoms with Crippen molar-refractivity contribution in [3.05, 3.63) is 20.9 Å². The topological polar surface area (TPSA) is 116 Å². The average molecular weight is 1090 g/mol. The van der Waals surface area contributed by atoms with E-state index in [1.54, 1.807) is 0 Å². The first-order valence-corrected chi connectivity index (χ1v) is 16.3. The molecule has 0 bridgehead atoms. The maximum absolute atomic E-state index is 14.1. The summed E-state index contributed by atoms with van der Waals surface area (Å²) in [5.74, 6) is -117. The highest BCUT2D eigenvalue weighted by atomic mass is 19.4. The first-order valence-electron chi connectivity index (χ1n) is 16.3. The molecule has 0 heterocycles. The lowest BCUT2D eigenvalue weighted by atomic mass is 9.88. The molecule has 0 fully saturated rings. The van der Waals surface area contributed by atoms with Crippen LogP contribution in [0.2, 0.25) is 0 Å². The van der Waals surface area contributed by atoms with Crippen molar-refractivity contribution in [2.45, 2.75) is 133 Å². The number of nitrogens with zero attached hydrogens (tertiary/aromatic N) is 6. The molecule has 0 radical (unpaired) electrons. The Hall–Kier alpha value is -3.84. The SMILES string of the molecule is [N-]=[N+]=N[C@@H](COCCCC(F)(F)C(F)(F)C(F)(F)C(F)(F)C(F)(F)C(F)(F)C(F)(F)C(F)(F)F)[C@H](COCCCC(F)(F)C(F)(F)C(F)(F)C(F)(F)C(F)(F)C(F)(F)C(F)(F)C(F)(F)F)N=[N+]=[N-]. The van der Waals surface area contributed by atoms with E-state index in [2.05, 4.69) is 19.7 Å². The van der Waals surface area contributed by atoms with E-state index in [4.69, 9.17) is 11.1 Å². The summed E-state index contributed by atoms with van der Waals surface area (Å²) in [7, 11) is 0. The predicted molar refractivity (Wildman–Crippen MR) is 147 cm³/mol. The molecule has 0 unspecified atom stereocenters. The van der Waals surface area contributed by atoms with Gasteiger partial charge in [0.15, 0.2) is 0 Å². The molecule has 0 aliphatic heterocycles. The molecule has 8 nitrogen and oxygen atoms in total. The molecule has 0 aromatic rings. The minimum atomic E-state index is -8.92. The second-order valence-corrected chi connectivity index (χ2v) is 13.2. The lowest BCUT2D eigenvalue weighted by Crippen LogP contribution is -2.74. The molecule has 0 amide bonds. The third kappa shape index (κ3) is 10.3. The van der Waals surface area contributed by atoms with Gasteiger partial charge in [0.2, 0.25) is 0 Å². The Morgan fingerprint density at radius 2 is 0.500 bits per heavy atom. The molecule has 0 rings (SSSR count). The third-order valence-electron chi connectivity index (χ3n) is 8.55. The molecule has 0 aromatic heterocycles. The Labute approximate surface area is 350 Å². The van der Waals surface area contributed by atoms with Crippen molar-refractivity contribution in [2.75, 3.05) is 26.4 Å². The minimum Gasteiger partial charge on any atom is -0.381 e. The standard InChI is InChI=1S/C26H18F34N6O2/c27-11(28,13(31,32)15(35,36)17(39,40)19(43,44)21(47,48)23(51,52)25(55,56)57)3-1-5-67-7-9(63-65-61)10(64-66-62)8-68-6-2-4-12(29,30)14(33,34)16(37,38)18(41,42)20(45,46)22(49,50)24(53,54)26(58,59)60/h9-10H,1-8H2/t9-,10-/m0/s1. The van der Waals surface area contributed by atoms with Crippen LogP contribution in [-0.2, 0) is 9.47 Å². The van der Waals surface area contributed by atoms with Crippen LogP contribution in [-0.4, -0.2) is 134 Å². The number of ether oxygens (including phenoxy) is 2. The van der Waals surface area contributed by atoms with Gasteiger partial charge in [-0.25, -0.2) is 0 Å². The van der Waals surface area contributed by atoms with Crippen LogP contribution >= 0.6 is 0 Å². The lowest BCUT2D eigenvalue weighted by Gasteiger charge is -2.42. The Bertz CT molecular complexity index is 1670. The largest absolute Gasteiger partial charge is 0.460 e. The summed E-state index contributed by atoms with van der Waals surface area (Å²) in [4.78, 5) is 4.05. The van der Waals surface area contributed by atoms with Gasteiger partial charge in [0.1, 0.15) is 0 Å². The van der Waals surface area contributed by atoms with Crippen molar-refractivity contribution < 1.29 is 159 Å². The predicted octanol–water partition coefficient (Wildman–Crippen LogP) is 14.0. The van der Waals surface area contributed by atoms with Gasteiger partial charge in [-0.05, 0) is 23.9 Å². The van der Waals surface area contributed by atoms with Gasteiger partial charge < -0.3 is 9.47 Å². The van der Waals surface area contributed by atoms with Gasteiger partial charge in [-0.15, -0.1) is 0 Å². The van der Waals surface area contributed by atoms with E-state index >= 15 is 0 Å². The van der Waals surface area contributed by atoms with Gasteiger partial charge >= 0.3 is 95.3 Å². The van der Waals surface area contributed by atoms with Gasteiger partial charge in [-0.1, -0.05) is 10.2 Å². The molecule has 68 heavy (non-hydrogen) atoms. The summed E-state index contributed by atoms with van der Waals surface area (Å²) < 4.78 is 465. The van der Waals surface area contributed by atoms with Gasteiger partial charge in [0.25, 0.3) is 0 Å². The fourth-order valence-electron chi connectivity index (χ4n) is 4.48. The molecule has 0 N–H and O–H groups in total. The van der Waals surface area contributed by atoms with E-state index in [0.717, 1.165) is 0 Å². The summed E-state index contributed by atoms with van der Waals surface area (Å²) in [5.41, 5.74) is 17.3. The summed E-state index contributed by atoms with van der Waals surface area (Å²) in [6.07, 6.45) is -25.9. The van der Waals surface area contributed by atoms with Crippen molar-refractivity contribution in [2.24, 2.45) is 10.2 Å². The van der Waals surface area contributed by atoms with Crippen molar-refractivity contribution >= 4 is 0 Å². The molecule has 402 valence electrons. The molecule has 0 saturated carbocycles. The summed E-state index contributed by atoms with van der Waals surface area (Å²) in [6, 6.07) is -4.45. The van der Waals surface area contributed by atoms with E-state index in [1.165, 1.54) is 0 Å². The van der Waals surface area contributed by atoms with Gasteiger partial charge in [-0.3, -0.25) is 0 Å². The number of alkyl halides is 34. The van der Waals surface area contributed by atoms with Crippen LogP contribution < -0.4 is 0 Å². The number of azide groups is 2. The Kier molecular flexibility index (Phi) is 18.3. The third-order valence-corrected chi connectivity index (χ3v) is 8.55. The van der Waals surface area contributed by atoms with Crippen LogP contribution in [0.3, 0.4) is 0 Å². The maximum Gasteiger partial charge on any atom is 0.460 e.